The molecule has 0 radical (unpaired) electrons. The number of tetrazole rings is 1. The Hall–Kier alpha value is -3.32. The molecule has 2 aromatic heterocycles. The number of rotatable bonds is 9. The molecule has 1 N–H and O–H groups in total. The molecule has 1 aliphatic rings. The number of pyridine rings is 1. The first kappa shape index (κ1) is 25.3. The van der Waals surface area contributed by atoms with Gasteiger partial charge in [-0.1, -0.05) is 63.1 Å². The average Bonchev–Trinajstić information content (AvgIpc) is 3.56. The van der Waals surface area contributed by atoms with E-state index in [-0.39, 0.29) is 17.5 Å². The molecular weight excluding hydrogens is 460 g/mol. The van der Waals surface area contributed by atoms with Gasteiger partial charge in [-0.15, -0.1) is 5.10 Å². The molecule has 194 valence electrons. The second kappa shape index (κ2) is 11.0. The van der Waals surface area contributed by atoms with E-state index in [1.807, 2.05) is 12.1 Å². The van der Waals surface area contributed by atoms with Crippen LogP contribution in [0.2, 0.25) is 0 Å². The molecule has 0 aliphatic heterocycles. The molecule has 37 heavy (non-hydrogen) atoms. The Morgan fingerprint density at radius 2 is 1.84 bits per heavy atom. The van der Waals surface area contributed by atoms with Gasteiger partial charge in [-0.2, -0.15) is 0 Å². The van der Waals surface area contributed by atoms with Gasteiger partial charge in [0.25, 0.3) is 5.56 Å². The summed E-state index contributed by atoms with van der Waals surface area (Å²) < 4.78 is 2.07. The SMILES string of the molecule is Cc1cc(C)c2cc(CN(CCc3ccccc3)[C@H](c3nnnn3C3CCCC3)C(C)C)c(=O)[nH]c2c1. The zero-order chi connectivity index (χ0) is 25.9. The minimum atomic E-state index is -0.0277. The topological polar surface area (TPSA) is 79.7 Å². The zero-order valence-corrected chi connectivity index (χ0v) is 22.4. The minimum Gasteiger partial charge on any atom is -0.322 e. The molecule has 7 heteroatoms. The third-order valence-electron chi connectivity index (χ3n) is 7.77. The number of hydrogen-bond donors (Lipinski definition) is 1. The van der Waals surface area contributed by atoms with Crippen molar-refractivity contribution in [3.8, 4) is 0 Å². The van der Waals surface area contributed by atoms with Crippen molar-refractivity contribution in [1.82, 2.24) is 30.1 Å². The van der Waals surface area contributed by atoms with E-state index in [2.05, 4.69) is 94.2 Å². The highest BCUT2D eigenvalue weighted by Gasteiger charge is 2.32. The van der Waals surface area contributed by atoms with Crippen LogP contribution in [-0.2, 0) is 13.0 Å². The number of benzene rings is 2. The molecule has 0 saturated heterocycles. The van der Waals surface area contributed by atoms with Crippen LogP contribution in [-0.4, -0.2) is 36.6 Å². The number of hydrogen-bond acceptors (Lipinski definition) is 5. The van der Waals surface area contributed by atoms with Gasteiger partial charge in [0, 0.05) is 29.6 Å². The molecule has 4 aromatic rings. The molecule has 0 unspecified atom stereocenters. The predicted octanol–water partition coefficient (Wildman–Crippen LogP) is 5.69. The van der Waals surface area contributed by atoms with Crippen LogP contribution >= 0.6 is 0 Å². The summed E-state index contributed by atoms with van der Waals surface area (Å²) in [5, 5.41) is 14.2. The number of nitrogens with zero attached hydrogens (tertiary/aromatic N) is 5. The van der Waals surface area contributed by atoms with Crippen LogP contribution in [0.5, 0.6) is 0 Å². The normalized spacial score (nSPS) is 15.3. The molecular formula is C30H38N6O. The van der Waals surface area contributed by atoms with Crippen LogP contribution in [0.15, 0.2) is 53.3 Å². The lowest BCUT2D eigenvalue weighted by molar-refractivity contribution is 0.133. The minimum absolute atomic E-state index is 0.00600. The van der Waals surface area contributed by atoms with E-state index in [4.69, 9.17) is 0 Å². The van der Waals surface area contributed by atoms with Crippen LogP contribution in [0.1, 0.15) is 79.7 Å². The van der Waals surface area contributed by atoms with E-state index in [0.29, 0.717) is 12.6 Å². The lowest BCUT2D eigenvalue weighted by Gasteiger charge is -2.34. The number of fused-ring (bicyclic) bond motifs is 1. The van der Waals surface area contributed by atoms with Crippen LogP contribution in [0, 0.1) is 19.8 Å². The lowest BCUT2D eigenvalue weighted by Crippen LogP contribution is -2.37. The van der Waals surface area contributed by atoms with Crippen molar-refractivity contribution in [2.75, 3.05) is 6.54 Å². The van der Waals surface area contributed by atoms with Crippen LogP contribution < -0.4 is 5.56 Å². The zero-order valence-electron chi connectivity index (χ0n) is 22.4. The number of aryl methyl sites for hydroxylation is 2. The van der Waals surface area contributed by atoms with Gasteiger partial charge < -0.3 is 4.98 Å². The Balaban J connectivity index is 1.53. The first-order chi connectivity index (χ1) is 17.9. The maximum atomic E-state index is 13.3. The first-order valence-corrected chi connectivity index (χ1v) is 13.6. The molecule has 1 saturated carbocycles. The van der Waals surface area contributed by atoms with Gasteiger partial charge in [-0.05, 0) is 78.3 Å². The molecule has 5 rings (SSSR count). The lowest BCUT2D eigenvalue weighted by atomic mass is 9.98. The van der Waals surface area contributed by atoms with E-state index < -0.39 is 0 Å². The smallest absolute Gasteiger partial charge is 0.252 e. The Kier molecular flexibility index (Phi) is 7.51. The second-order valence-corrected chi connectivity index (χ2v) is 11.0. The Morgan fingerprint density at radius 1 is 1.08 bits per heavy atom. The van der Waals surface area contributed by atoms with E-state index in [9.17, 15) is 4.79 Å². The first-order valence-electron chi connectivity index (χ1n) is 13.6. The number of nitrogens with one attached hydrogen (secondary N) is 1. The molecule has 1 fully saturated rings. The number of aromatic nitrogens is 5. The molecule has 7 nitrogen and oxygen atoms in total. The quantitative estimate of drug-likeness (QED) is 0.321. The molecule has 1 aliphatic carbocycles. The molecule has 2 aromatic carbocycles. The summed E-state index contributed by atoms with van der Waals surface area (Å²) in [5.74, 6) is 1.19. The van der Waals surface area contributed by atoms with Gasteiger partial charge in [-0.3, -0.25) is 9.69 Å². The van der Waals surface area contributed by atoms with Crippen molar-refractivity contribution in [2.45, 2.75) is 78.4 Å². The maximum Gasteiger partial charge on any atom is 0.252 e. The van der Waals surface area contributed by atoms with E-state index >= 15 is 0 Å². The van der Waals surface area contributed by atoms with Crippen LogP contribution in [0.4, 0.5) is 0 Å². The van der Waals surface area contributed by atoms with E-state index in [1.165, 1.54) is 24.0 Å². The van der Waals surface area contributed by atoms with Crippen molar-refractivity contribution in [3.05, 3.63) is 87.0 Å². The highest BCUT2D eigenvalue weighted by Crippen LogP contribution is 2.35. The summed E-state index contributed by atoms with van der Waals surface area (Å²) in [5.41, 5.74) is 5.25. The Morgan fingerprint density at radius 3 is 2.57 bits per heavy atom. The van der Waals surface area contributed by atoms with Crippen molar-refractivity contribution >= 4 is 10.9 Å². The van der Waals surface area contributed by atoms with Crippen LogP contribution in [0.3, 0.4) is 0 Å². The standard InChI is InChI=1S/C30H38N6O/c1-20(2)28(29-32-33-34-36(29)25-12-8-9-13-25)35(15-14-23-10-6-5-7-11-23)19-24-18-26-22(4)16-21(3)17-27(26)31-30(24)37/h5-7,10-11,16-18,20,25,28H,8-9,12-15,19H2,1-4H3,(H,31,37)/t28-/m0/s1. The summed E-state index contributed by atoms with van der Waals surface area (Å²) in [4.78, 5) is 18.9. The largest absolute Gasteiger partial charge is 0.322 e. The average molecular weight is 499 g/mol. The third-order valence-corrected chi connectivity index (χ3v) is 7.77. The van der Waals surface area contributed by atoms with Gasteiger partial charge in [-0.25, -0.2) is 4.68 Å². The van der Waals surface area contributed by atoms with Gasteiger partial charge >= 0.3 is 0 Å². The summed E-state index contributed by atoms with van der Waals surface area (Å²) >= 11 is 0. The monoisotopic (exact) mass is 498 g/mol. The summed E-state index contributed by atoms with van der Waals surface area (Å²) in [6, 6.07) is 17.2. The number of aromatic amines is 1. The summed E-state index contributed by atoms with van der Waals surface area (Å²) in [7, 11) is 0. The van der Waals surface area contributed by atoms with Gasteiger partial charge in [0.05, 0.1) is 12.1 Å². The fourth-order valence-electron chi connectivity index (χ4n) is 5.97. The van der Waals surface area contributed by atoms with Crippen molar-refractivity contribution in [1.29, 1.82) is 0 Å². The number of H-pyrrole nitrogens is 1. The van der Waals surface area contributed by atoms with Crippen molar-refractivity contribution < 1.29 is 0 Å². The fraction of sp³-hybridized carbons (Fsp3) is 0.467. The third kappa shape index (κ3) is 5.52. The van der Waals surface area contributed by atoms with Crippen molar-refractivity contribution in [2.24, 2.45) is 5.92 Å². The highest BCUT2D eigenvalue weighted by atomic mass is 16.1. The summed E-state index contributed by atoms with van der Waals surface area (Å²) in [6.45, 7) is 9.96. The molecule has 1 atom stereocenters. The fourth-order valence-corrected chi connectivity index (χ4v) is 5.97. The highest BCUT2D eigenvalue weighted by molar-refractivity contribution is 5.83. The van der Waals surface area contributed by atoms with Gasteiger partial charge in [0.2, 0.25) is 0 Å². The predicted molar refractivity (Wildman–Crippen MR) is 147 cm³/mol. The van der Waals surface area contributed by atoms with Crippen molar-refractivity contribution in [3.63, 3.8) is 0 Å². The van der Waals surface area contributed by atoms with Gasteiger partial charge in [0.15, 0.2) is 5.82 Å². The van der Waals surface area contributed by atoms with Gasteiger partial charge in [0.1, 0.15) is 0 Å². The molecule has 0 amide bonds. The van der Waals surface area contributed by atoms with Crippen LogP contribution in [0.25, 0.3) is 10.9 Å². The second-order valence-electron chi connectivity index (χ2n) is 11.0. The maximum absolute atomic E-state index is 13.3. The molecule has 0 spiro atoms. The Labute approximate surface area is 218 Å². The Bertz CT molecular complexity index is 1400. The molecule has 0 bridgehead atoms. The summed E-state index contributed by atoms with van der Waals surface area (Å²) in [6.07, 6.45) is 5.57. The van der Waals surface area contributed by atoms with E-state index in [0.717, 1.165) is 53.7 Å². The van der Waals surface area contributed by atoms with E-state index in [1.54, 1.807) is 0 Å². The molecule has 2 heterocycles.